The van der Waals surface area contributed by atoms with Crippen LogP contribution in [0.5, 0.6) is 0 Å². The van der Waals surface area contributed by atoms with Crippen molar-refractivity contribution in [3.63, 3.8) is 0 Å². The third kappa shape index (κ3) is 8.54. The zero-order valence-electron chi connectivity index (χ0n) is 5.95. The van der Waals surface area contributed by atoms with Gasteiger partial charge in [0.15, 0.2) is 0 Å². The van der Waals surface area contributed by atoms with E-state index in [2.05, 4.69) is 0 Å². The highest BCUT2D eigenvalue weighted by Gasteiger charge is 2.13. The van der Waals surface area contributed by atoms with Crippen LogP contribution in [0.25, 0.3) is 0 Å². The van der Waals surface area contributed by atoms with Crippen molar-refractivity contribution in [1.29, 1.82) is 0 Å². The smallest absolute Gasteiger partial charge is 0.136 e. The Morgan fingerprint density at radius 1 is 1.56 bits per heavy atom. The first-order valence-electron chi connectivity index (χ1n) is 2.89. The van der Waals surface area contributed by atoms with Gasteiger partial charge in [0, 0.05) is 0 Å². The Labute approximate surface area is 66.3 Å². The molecular formula is C6H12Cl2O. The summed E-state index contributed by atoms with van der Waals surface area (Å²) in [6.45, 7) is 5.93. The maximum absolute atomic E-state index is 5.70. The van der Waals surface area contributed by atoms with E-state index in [-0.39, 0.29) is 5.38 Å². The van der Waals surface area contributed by atoms with Crippen molar-refractivity contribution < 1.29 is 4.74 Å². The number of alkyl halides is 2. The molecule has 1 nitrogen and oxygen atoms in total. The van der Waals surface area contributed by atoms with Crippen molar-refractivity contribution in [2.24, 2.45) is 0 Å². The summed E-state index contributed by atoms with van der Waals surface area (Å²) in [6.07, 6.45) is 0. The summed E-state index contributed by atoms with van der Waals surface area (Å²) in [5, 5.41) is -0.550. The summed E-state index contributed by atoms with van der Waals surface area (Å²) in [7, 11) is 0. The maximum atomic E-state index is 5.70. The molecule has 0 aliphatic carbocycles. The molecular weight excluding hydrogens is 159 g/mol. The molecule has 1 atom stereocenters. The minimum atomic E-state index is -0.580. The van der Waals surface area contributed by atoms with Crippen molar-refractivity contribution in [1.82, 2.24) is 0 Å². The van der Waals surface area contributed by atoms with Crippen molar-refractivity contribution in [3.8, 4) is 0 Å². The van der Waals surface area contributed by atoms with Crippen molar-refractivity contribution in [3.05, 3.63) is 0 Å². The summed E-state index contributed by atoms with van der Waals surface area (Å²) in [6, 6.07) is 0. The van der Waals surface area contributed by atoms with Gasteiger partial charge in [-0.1, -0.05) is 11.6 Å². The van der Waals surface area contributed by atoms with E-state index < -0.39 is 5.06 Å². The van der Waals surface area contributed by atoms with Gasteiger partial charge in [-0.15, -0.1) is 11.6 Å². The molecule has 3 heteroatoms. The molecule has 0 aliphatic heterocycles. The standard InChI is InChI=1S/C6H12Cl2O/c1-5(7)4-9-6(2,3)8/h5H,4H2,1-3H3. The van der Waals surface area contributed by atoms with E-state index in [4.69, 9.17) is 27.9 Å². The Morgan fingerprint density at radius 2 is 2.00 bits per heavy atom. The number of hydrogen-bond acceptors (Lipinski definition) is 1. The van der Waals surface area contributed by atoms with Crippen molar-refractivity contribution >= 4 is 23.2 Å². The van der Waals surface area contributed by atoms with Crippen LogP contribution in [0.2, 0.25) is 0 Å². The molecule has 0 aromatic rings. The summed E-state index contributed by atoms with van der Waals surface area (Å²) >= 11 is 11.3. The second-order valence-corrected chi connectivity index (χ2v) is 4.11. The highest BCUT2D eigenvalue weighted by atomic mass is 35.5. The van der Waals surface area contributed by atoms with Gasteiger partial charge >= 0.3 is 0 Å². The van der Waals surface area contributed by atoms with Gasteiger partial charge in [0.1, 0.15) is 5.06 Å². The predicted octanol–water partition coefficient (Wildman–Crippen LogP) is 2.61. The van der Waals surface area contributed by atoms with E-state index in [0.29, 0.717) is 6.61 Å². The molecule has 0 aliphatic rings. The Kier molecular flexibility index (Phi) is 3.86. The van der Waals surface area contributed by atoms with E-state index in [1.807, 2.05) is 6.92 Å². The Balaban J connectivity index is 3.28. The quantitative estimate of drug-likeness (QED) is 0.593. The molecule has 56 valence electrons. The largest absolute Gasteiger partial charge is 0.359 e. The number of rotatable bonds is 3. The van der Waals surface area contributed by atoms with Crippen LogP contribution in [0.1, 0.15) is 20.8 Å². The van der Waals surface area contributed by atoms with Crippen molar-refractivity contribution in [2.75, 3.05) is 6.61 Å². The summed E-state index contributed by atoms with van der Waals surface area (Å²) in [5.41, 5.74) is 0. The molecule has 0 rings (SSSR count). The van der Waals surface area contributed by atoms with E-state index in [0.717, 1.165) is 0 Å². The fourth-order valence-electron chi connectivity index (χ4n) is 0.313. The third-order valence-corrected chi connectivity index (χ3v) is 0.891. The lowest BCUT2D eigenvalue weighted by Crippen LogP contribution is -2.19. The Hall–Kier alpha value is 0.540. The molecule has 9 heavy (non-hydrogen) atoms. The number of hydrogen-bond donors (Lipinski definition) is 0. The monoisotopic (exact) mass is 170 g/mol. The van der Waals surface area contributed by atoms with E-state index >= 15 is 0 Å². The lowest BCUT2D eigenvalue weighted by molar-refractivity contribution is 0.0483. The Bertz CT molecular complexity index is 75.6. The average Bonchev–Trinajstić information content (AvgIpc) is 1.59. The van der Waals surface area contributed by atoms with Gasteiger partial charge < -0.3 is 4.74 Å². The molecule has 0 amide bonds. The predicted molar refractivity (Wildman–Crippen MR) is 41.2 cm³/mol. The van der Waals surface area contributed by atoms with Crippen LogP contribution >= 0.6 is 23.2 Å². The molecule has 0 saturated heterocycles. The number of halogens is 2. The highest BCUT2D eigenvalue weighted by molar-refractivity contribution is 6.22. The van der Waals surface area contributed by atoms with Crippen LogP contribution in [0.15, 0.2) is 0 Å². The molecule has 0 N–H and O–H groups in total. The molecule has 0 radical (unpaired) electrons. The van der Waals surface area contributed by atoms with Crippen LogP contribution < -0.4 is 0 Å². The first-order chi connectivity index (χ1) is 3.92. The van der Waals surface area contributed by atoms with Crippen molar-refractivity contribution in [2.45, 2.75) is 31.2 Å². The molecule has 0 aromatic heterocycles. The van der Waals surface area contributed by atoms with E-state index in [9.17, 15) is 0 Å². The third-order valence-electron chi connectivity index (χ3n) is 0.656. The average molecular weight is 171 g/mol. The van der Waals surface area contributed by atoms with Crippen LogP contribution in [-0.2, 0) is 4.74 Å². The summed E-state index contributed by atoms with van der Waals surface area (Å²) < 4.78 is 5.12. The molecule has 0 spiro atoms. The van der Waals surface area contributed by atoms with Crippen LogP contribution in [0.3, 0.4) is 0 Å². The zero-order chi connectivity index (χ0) is 7.49. The fraction of sp³-hybridized carbons (Fsp3) is 1.00. The maximum Gasteiger partial charge on any atom is 0.136 e. The summed E-state index contributed by atoms with van der Waals surface area (Å²) in [4.78, 5) is 0. The molecule has 1 unspecified atom stereocenters. The van der Waals surface area contributed by atoms with Gasteiger partial charge in [-0.2, -0.15) is 0 Å². The van der Waals surface area contributed by atoms with Crippen LogP contribution in [-0.4, -0.2) is 17.0 Å². The number of ether oxygens (including phenoxy) is 1. The van der Waals surface area contributed by atoms with Gasteiger partial charge in [0.2, 0.25) is 0 Å². The SMILES string of the molecule is CC(Cl)COC(C)(C)Cl. The molecule has 0 saturated carbocycles. The van der Waals surface area contributed by atoms with Gasteiger partial charge in [0.25, 0.3) is 0 Å². The van der Waals surface area contributed by atoms with Gasteiger partial charge in [0.05, 0.1) is 12.0 Å². The second-order valence-electron chi connectivity index (χ2n) is 2.46. The van der Waals surface area contributed by atoms with E-state index in [1.165, 1.54) is 0 Å². The highest BCUT2D eigenvalue weighted by Crippen LogP contribution is 2.14. The lowest BCUT2D eigenvalue weighted by atomic mass is 10.4. The molecule has 0 aromatic carbocycles. The fourth-order valence-corrected chi connectivity index (χ4v) is 0.439. The van der Waals surface area contributed by atoms with E-state index in [1.54, 1.807) is 13.8 Å². The minimum absolute atomic E-state index is 0.0306. The van der Waals surface area contributed by atoms with Crippen LogP contribution in [0, 0.1) is 0 Å². The minimum Gasteiger partial charge on any atom is -0.359 e. The lowest BCUT2D eigenvalue weighted by Gasteiger charge is -2.17. The second kappa shape index (κ2) is 3.65. The van der Waals surface area contributed by atoms with Gasteiger partial charge in [-0.3, -0.25) is 0 Å². The topological polar surface area (TPSA) is 9.23 Å². The molecule has 0 heterocycles. The Morgan fingerprint density at radius 3 is 2.11 bits per heavy atom. The normalized spacial score (nSPS) is 15.7. The summed E-state index contributed by atoms with van der Waals surface area (Å²) in [5.74, 6) is 0. The first-order valence-corrected chi connectivity index (χ1v) is 3.70. The first kappa shape index (κ1) is 9.54. The zero-order valence-corrected chi connectivity index (χ0v) is 7.46. The van der Waals surface area contributed by atoms with Crippen LogP contribution in [0.4, 0.5) is 0 Å². The van der Waals surface area contributed by atoms with Gasteiger partial charge in [-0.05, 0) is 20.8 Å². The molecule has 0 bridgehead atoms. The molecule has 0 fully saturated rings. The van der Waals surface area contributed by atoms with Gasteiger partial charge in [-0.25, -0.2) is 0 Å².